The molecule has 3 heterocycles. The summed E-state index contributed by atoms with van der Waals surface area (Å²) in [6.45, 7) is 5.92. The van der Waals surface area contributed by atoms with Gasteiger partial charge >= 0.3 is 7.12 Å². The first kappa shape index (κ1) is 58.2. The average molecular weight is 1160 g/mol. The molecule has 9 aromatic carbocycles. The molecule has 0 atom stereocenters. The maximum Gasteiger partial charge on any atom is 0.488 e. The molecule has 0 radical (unpaired) electrons. The fraction of sp³-hybridized carbons (Fsp3) is 0.136. The molecule has 11 nitrogen and oxygen atoms in total. The Labute approximate surface area is 478 Å². The lowest BCUT2D eigenvalue weighted by Crippen LogP contribution is -2.31. The van der Waals surface area contributed by atoms with E-state index in [0.717, 1.165) is 78.4 Å². The smallest absolute Gasteiger partial charge is 0.488 e. The minimum absolute atomic E-state index is 0. The molecule has 402 valence electrons. The molecule has 12 aromatic rings. The Hall–Kier alpha value is -8.50. The number of aryl methyl sites for hydroxylation is 5. The first-order valence-electron chi connectivity index (χ1n) is 25.0. The fourth-order valence-corrected chi connectivity index (χ4v) is 9.90. The molecule has 4 N–H and O–H groups in total. The highest BCUT2D eigenvalue weighted by Gasteiger charge is 2.16. The monoisotopic (exact) mass is 1160 g/mol. The van der Waals surface area contributed by atoms with Crippen LogP contribution in [-0.2, 0) is 14.1 Å². The number of aromatic hydroxyl groups is 1. The van der Waals surface area contributed by atoms with E-state index in [1.165, 1.54) is 42.1 Å². The number of phenols is 1. The highest BCUT2D eigenvalue weighted by Crippen LogP contribution is 2.35. The van der Waals surface area contributed by atoms with Crippen molar-refractivity contribution in [2.75, 3.05) is 14.2 Å². The second kappa shape index (κ2) is 26.2. The first-order chi connectivity index (χ1) is 37.3. The van der Waals surface area contributed by atoms with Crippen molar-refractivity contribution in [2.24, 2.45) is 14.1 Å². The van der Waals surface area contributed by atoms with E-state index in [-0.39, 0.29) is 16.3 Å². The largest absolute Gasteiger partial charge is 0.508 e. The summed E-state index contributed by atoms with van der Waals surface area (Å²) in [7, 11) is 5.84. The van der Waals surface area contributed by atoms with Crippen LogP contribution in [0.1, 0.15) is 33.0 Å². The van der Waals surface area contributed by atoms with Crippen LogP contribution in [0.4, 0.5) is 0 Å². The van der Waals surface area contributed by atoms with Crippen molar-refractivity contribution in [3.63, 3.8) is 0 Å². The van der Waals surface area contributed by atoms with E-state index in [1.807, 2.05) is 97.1 Å². The number of aromatic amines is 1. The minimum Gasteiger partial charge on any atom is -0.508 e. The van der Waals surface area contributed by atoms with Crippen LogP contribution in [0.25, 0.3) is 88.7 Å². The standard InChI is InChI=1S/C22H20N2O.C20H16N2O.C14H11IN2.C8H11BO3.2CH4.H2/c1-15-13-18(25-3)10-11-19(15)17-9-12-21-20(14-17)22(23-24(21)2)16-7-5-4-6-8-16;1-13-11-16(23)8-9-17(13)15-7-10-19-18(12-15)20(22-21-19)14-5-3-2-4-6-14;1-17-13-8-7-11(15)9-12(13)14(16-17)10-5-3-2-4-6-10;1-6-5-7(12-2)3-4-8(6)9(10)11;;;/h4-14H,1-3H3;2-12,23H,1H3,(H,21,22);2-9H,1H3;3-5,10-11H,1-2H3;2*1H4;1H. The number of aromatic nitrogens is 6. The van der Waals surface area contributed by atoms with Gasteiger partial charge in [-0.3, -0.25) is 14.5 Å². The van der Waals surface area contributed by atoms with Crippen molar-refractivity contribution in [3.05, 3.63) is 220 Å². The quantitative estimate of drug-likeness (QED) is 0.0870. The highest BCUT2D eigenvalue weighted by molar-refractivity contribution is 14.1. The first-order valence-corrected chi connectivity index (χ1v) is 26.1. The van der Waals surface area contributed by atoms with Gasteiger partial charge in [-0.05, 0) is 167 Å². The molecule has 79 heavy (non-hydrogen) atoms. The predicted molar refractivity (Wildman–Crippen MR) is 338 cm³/mol. The van der Waals surface area contributed by atoms with E-state index < -0.39 is 7.12 Å². The van der Waals surface area contributed by atoms with Gasteiger partial charge in [0.25, 0.3) is 0 Å². The van der Waals surface area contributed by atoms with Crippen LogP contribution in [0, 0.1) is 24.3 Å². The number of halogens is 1. The Morgan fingerprint density at radius 3 is 1.44 bits per heavy atom. The summed E-state index contributed by atoms with van der Waals surface area (Å²) in [5.74, 6) is 1.89. The van der Waals surface area contributed by atoms with Crippen molar-refractivity contribution < 1.29 is 26.1 Å². The number of fused-ring (bicyclic) bond motifs is 3. The Balaban J connectivity index is 0.000000175. The zero-order valence-corrected chi connectivity index (χ0v) is 46.1. The summed E-state index contributed by atoms with van der Waals surface area (Å²) in [6, 6.07) is 66.8. The minimum atomic E-state index is -1.41. The Kier molecular flexibility index (Phi) is 19.3. The highest BCUT2D eigenvalue weighted by atomic mass is 127. The second-order valence-electron chi connectivity index (χ2n) is 18.5. The Bertz CT molecular complexity index is 3980. The summed E-state index contributed by atoms with van der Waals surface area (Å²) in [5.41, 5.74) is 18.0. The van der Waals surface area contributed by atoms with Crippen LogP contribution in [0.5, 0.6) is 17.2 Å². The summed E-state index contributed by atoms with van der Waals surface area (Å²) in [5, 5.41) is 47.8. The predicted octanol–water partition coefficient (Wildman–Crippen LogP) is 15.2. The molecule has 3 aromatic heterocycles. The molecule has 0 saturated carbocycles. The Morgan fingerprint density at radius 2 is 0.937 bits per heavy atom. The number of methoxy groups -OCH3 is 2. The number of hydrogen-bond donors (Lipinski definition) is 4. The maximum absolute atomic E-state index is 9.60. The van der Waals surface area contributed by atoms with E-state index >= 15 is 0 Å². The van der Waals surface area contributed by atoms with Crippen molar-refractivity contribution in [2.45, 2.75) is 35.6 Å². The number of hydrogen-bond acceptors (Lipinski definition) is 8. The van der Waals surface area contributed by atoms with Crippen molar-refractivity contribution in [1.29, 1.82) is 0 Å². The van der Waals surface area contributed by atoms with Gasteiger partial charge in [-0.2, -0.15) is 15.3 Å². The number of rotatable bonds is 8. The topological polar surface area (TPSA) is 143 Å². The molecule has 13 heteroatoms. The summed E-state index contributed by atoms with van der Waals surface area (Å²) in [4.78, 5) is 0. The number of nitrogens with one attached hydrogen (secondary N) is 1. The zero-order valence-electron chi connectivity index (χ0n) is 43.9. The van der Waals surface area contributed by atoms with Crippen LogP contribution in [-0.4, -0.2) is 66.3 Å². The molecule has 0 amide bonds. The number of nitrogens with zero attached hydrogens (tertiary/aromatic N) is 5. The van der Waals surface area contributed by atoms with E-state index in [1.54, 1.807) is 51.5 Å². The lowest BCUT2D eigenvalue weighted by atomic mass is 9.77. The molecule has 0 spiro atoms. The van der Waals surface area contributed by atoms with Gasteiger partial charge in [0.15, 0.2) is 0 Å². The molecule has 0 aliphatic rings. The average Bonchev–Trinajstić information content (AvgIpc) is 4.14. The third-order valence-corrected chi connectivity index (χ3v) is 14.1. The van der Waals surface area contributed by atoms with Crippen molar-refractivity contribution >= 4 is 67.9 Å². The summed E-state index contributed by atoms with van der Waals surface area (Å²) < 4.78 is 15.4. The zero-order chi connectivity index (χ0) is 54.2. The number of benzene rings is 9. The lowest BCUT2D eigenvalue weighted by Gasteiger charge is -2.09. The van der Waals surface area contributed by atoms with E-state index in [4.69, 9.17) is 24.6 Å². The molecule has 0 saturated heterocycles. The number of phenolic OH excluding ortho intramolecular Hbond substituents is 1. The number of H-pyrrole nitrogens is 1. The van der Waals surface area contributed by atoms with Crippen LogP contribution >= 0.6 is 22.6 Å². The Morgan fingerprint density at radius 1 is 0.481 bits per heavy atom. The normalized spacial score (nSPS) is 10.5. The van der Waals surface area contributed by atoms with E-state index in [9.17, 15) is 5.11 Å². The molecule has 0 bridgehead atoms. The third kappa shape index (κ3) is 13.3. The lowest BCUT2D eigenvalue weighted by molar-refractivity contribution is 0.413. The van der Waals surface area contributed by atoms with Gasteiger partial charge in [-0.15, -0.1) is 0 Å². The molecule has 0 aliphatic carbocycles. The second-order valence-corrected chi connectivity index (χ2v) is 19.8. The van der Waals surface area contributed by atoms with Gasteiger partial charge in [0, 0.05) is 51.9 Å². The van der Waals surface area contributed by atoms with E-state index in [0.29, 0.717) is 11.2 Å². The van der Waals surface area contributed by atoms with Crippen LogP contribution in [0.2, 0.25) is 0 Å². The number of ether oxygens (including phenoxy) is 2. The molecular weight excluding hydrogens is 1090 g/mol. The molecule has 0 aliphatic heterocycles. The van der Waals surface area contributed by atoms with Crippen molar-refractivity contribution in [1.82, 2.24) is 29.8 Å². The van der Waals surface area contributed by atoms with Gasteiger partial charge in [0.05, 0.1) is 36.5 Å². The summed E-state index contributed by atoms with van der Waals surface area (Å²) in [6.07, 6.45) is 0. The van der Waals surface area contributed by atoms with Gasteiger partial charge < -0.3 is 24.6 Å². The summed E-state index contributed by atoms with van der Waals surface area (Å²) >= 11 is 2.34. The maximum atomic E-state index is 9.60. The van der Waals surface area contributed by atoms with Crippen LogP contribution in [0.15, 0.2) is 200 Å². The molecule has 12 rings (SSSR count). The molecule has 0 unspecified atom stereocenters. The van der Waals surface area contributed by atoms with Gasteiger partial charge in [-0.25, -0.2) is 0 Å². The van der Waals surface area contributed by atoms with Crippen molar-refractivity contribution in [3.8, 4) is 73.3 Å². The van der Waals surface area contributed by atoms with Gasteiger partial charge in [0.1, 0.15) is 28.6 Å². The molecular formula is C66H68BIN6O5. The van der Waals surface area contributed by atoms with Crippen LogP contribution in [0.3, 0.4) is 0 Å². The van der Waals surface area contributed by atoms with E-state index in [2.05, 4.69) is 148 Å². The van der Waals surface area contributed by atoms with Crippen LogP contribution < -0.4 is 14.9 Å². The molecule has 0 fully saturated rings. The van der Waals surface area contributed by atoms with Gasteiger partial charge in [0.2, 0.25) is 0 Å². The third-order valence-electron chi connectivity index (χ3n) is 13.4. The van der Waals surface area contributed by atoms with Gasteiger partial charge in [-0.1, -0.05) is 136 Å². The fourth-order valence-electron chi connectivity index (χ4n) is 9.41. The SMILES string of the molecule is C.C.COc1ccc(-c2ccc3c(c2)c(-c2ccccc2)nn3C)c(C)c1.COc1ccc(B(O)O)c(C)c1.Cc1cc(O)ccc1-c1ccc2[nH]nc(-c3ccccc3)c2c1.Cn1nc(-c2ccccc2)c2cc(I)ccc21.[HH].